The summed E-state index contributed by atoms with van der Waals surface area (Å²) in [5, 5.41) is 0. The van der Waals surface area contributed by atoms with E-state index >= 15 is 0 Å². The Bertz CT molecular complexity index is 568. The summed E-state index contributed by atoms with van der Waals surface area (Å²) in [6.07, 6.45) is 1.82. The van der Waals surface area contributed by atoms with Crippen LogP contribution in [-0.2, 0) is 11.3 Å². The van der Waals surface area contributed by atoms with E-state index in [1.807, 2.05) is 71.6 Å². The summed E-state index contributed by atoms with van der Waals surface area (Å²) >= 11 is 1.59. The monoisotopic (exact) mass is 297 g/mol. The molecule has 0 aromatic heterocycles. The number of anilines is 1. The predicted molar refractivity (Wildman–Crippen MR) is 91.6 cm³/mol. The molecule has 3 heteroatoms. The largest absolute Gasteiger partial charge is 0.307 e. The Morgan fingerprint density at radius 1 is 1.05 bits per heavy atom. The van der Waals surface area contributed by atoms with Crippen molar-refractivity contribution in [3.05, 3.63) is 78.9 Å². The molecule has 0 N–H and O–H groups in total. The van der Waals surface area contributed by atoms with Gasteiger partial charge in [-0.1, -0.05) is 54.6 Å². The zero-order valence-electron chi connectivity index (χ0n) is 11.9. The van der Waals surface area contributed by atoms with E-state index in [1.165, 1.54) is 0 Å². The number of nitrogens with zero attached hydrogens (tertiary/aromatic N) is 1. The Balaban J connectivity index is 2.14. The maximum absolute atomic E-state index is 12.5. The van der Waals surface area contributed by atoms with E-state index < -0.39 is 0 Å². The summed E-state index contributed by atoms with van der Waals surface area (Å²) in [7, 11) is 0. The number of benzene rings is 2. The van der Waals surface area contributed by atoms with E-state index in [1.54, 1.807) is 11.8 Å². The van der Waals surface area contributed by atoms with Crippen LogP contribution in [0.2, 0.25) is 0 Å². The third-order valence-electron chi connectivity index (χ3n) is 3.01. The molecule has 0 aliphatic heterocycles. The van der Waals surface area contributed by atoms with E-state index in [0.29, 0.717) is 12.3 Å². The van der Waals surface area contributed by atoms with Crippen molar-refractivity contribution in [3.8, 4) is 0 Å². The molecule has 2 aromatic rings. The molecule has 0 saturated heterocycles. The Morgan fingerprint density at radius 2 is 1.67 bits per heavy atom. The molecule has 1 amide bonds. The minimum Gasteiger partial charge on any atom is -0.307 e. The first-order chi connectivity index (χ1) is 10.3. The average Bonchev–Trinajstić information content (AvgIpc) is 2.54. The van der Waals surface area contributed by atoms with Crippen LogP contribution in [0.15, 0.2) is 73.3 Å². The van der Waals surface area contributed by atoms with E-state index in [9.17, 15) is 4.79 Å². The lowest BCUT2D eigenvalue weighted by Gasteiger charge is -2.23. The molecule has 0 fully saturated rings. The first-order valence-corrected chi connectivity index (χ1v) is 8.04. The summed E-state index contributed by atoms with van der Waals surface area (Å²) in [5.74, 6) is 1.38. The smallest absolute Gasteiger partial charge is 0.237 e. The summed E-state index contributed by atoms with van der Waals surface area (Å²) in [4.78, 5) is 14.3. The highest BCUT2D eigenvalue weighted by molar-refractivity contribution is 8.00. The third-order valence-corrected chi connectivity index (χ3v) is 3.94. The molecule has 2 nitrogen and oxygen atoms in total. The number of hydrogen-bond donors (Lipinski definition) is 0. The molecule has 108 valence electrons. The average molecular weight is 297 g/mol. The van der Waals surface area contributed by atoms with Crippen molar-refractivity contribution in [2.24, 2.45) is 0 Å². The van der Waals surface area contributed by atoms with Crippen LogP contribution in [0.3, 0.4) is 0 Å². The van der Waals surface area contributed by atoms with Gasteiger partial charge in [-0.3, -0.25) is 4.79 Å². The lowest BCUT2D eigenvalue weighted by atomic mass is 10.2. The molecule has 0 saturated carbocycles. The van der Waals surface area contributed by atoms with Gasteiger partial charge < -0.3 is 4.90 Å². The van der Waals surface area contributed by atoms with Crippen LogP contribution in [0.4, 0.5) is 5.69 Å². The fourth-order valence-electron chi connectivity index (χ4n) is 2.00. The second-order valence-electron chi connectivity index (χ2n) is 4.60. The van der Waals surface area contributed by atoms with Crippen molar-refractivity contribution >= 4 is 23.4 Å². The summed E-state index contributed by atoms with van der Waals surface area (Å²) in [5.41, 5.74) is 2.06. The van der Waals surface area contributed by atoms with E-state index in [0.717, 1.165) is 17.0 Å². The molecular formula is C18H19NOS. The van der Waals surface area contributed by atoms with Crippen molar-refractivity contribution in [1.82, 2.24) is 0 Å². The molecule has 0 aliphatic carbocycles. The molecule has 0 radical (unpaired) electrons. The van der Waals surface area contributed by atoms with Gasteiger partial charge in [-0.15, -0.1) is 18.3 Å². The number of para-hydroxylation sites is 1. The van der Waals surface area contributed by atoms with E-state index in [-0.39, 0.29) is 5.91 Å². The van der Waals surface area contributed by atoms with Crippen molar-refractivity contribution in [3.63, 3.8) is 0 Å². The summed E-state index contributed by atoms with van der Waals surface area (Å²) < 4.78 is 0. The fraction of sp³-hybridized carbons (Fsp3) is 0.167. The molecule has 0 heterocycles. The number of rotatable bonds is 7. The topological polar surface area (TPSA) is 20.3 Å². The van der Waals surface area contributed by atoms with Gasteiger partial charge in [0, 0.05) is 11.4 Å². The van der Waals surface area contributed by atoms with Crippen LogP contribution in [0.5, 0.6) is 0 Å². The van der Waals surface area contributed by atoms with Crippen LogP contribution < -0.4 is 4.90 Å². The molecular weight excluding hydrogens is 278 g/mol. The number of thioether (sulfide) groups is 1. The number of hydrogen-bond acceptors (Lipinski definition) is 2. The van der Waals surface area contributed by atoms with Crippen LogP contribution in [0.1, 0.15) is 5.56 Å². The molecule has 21 heavy (non-hydrogen) atoms. The van der Waals surface area contributed by atoms with E-state index in [4.69, 9.17) is 0 Å². The molecule has 0 atom stereocenters. The van der Waals surface area contributed by atoms with Crippen molar-refractivity contribution in [1.29, 1.82) is 0 Å². The van der Waals surface area contributed by atoms with Gasteiger partial charge in [0.2, 0.25) is 5.91 Å². The van der Waals surface area contributed by atoms with Gasteiger partial charge in [-0.05, 0) is 17.7 Å². The number of carbonyl (C=O) groups is 1. The van der Waals surface area contributed by atoms with E-state index in [2.05, 4.69) is 6.58 Å². The Kier molecular flexibility index (Phi) is 6.10. The van der Waals surface area contributed by atoms with Crippen LogP contribution in [0.25, 0.3) is 0 Å². The SMILES string of the molecule is C=CCSCC(=O)N(Cc1ccccc1)c1ccccc1. The first kappa shape index (κ1) is 15.4. The van der Waals surface area contributed by atoms with Crippen LogP contribution in [0, 0.1) is 0 Å². The molecule has 0 bridgehead atoms. The molecule has 2 rings (SSSR count). The van der Waals surface area contributed by atoms with Gasteiger partial charge in [0.05, 0.1) is 12.3 Å². The lowest BCUT2D eigenvalue weighted by molar-refractivity contribution is -0.116. The van der Waals surface area contributed by atoms with Gasteiger partial charge in [-0.25, -0.2) is 0 Å². The lowest BCUT2D eigenvalue weighted by Crippen LogP contribution is -2.31. The maximum Gasteiger partial charge on any atom is 0.237 e. The zero-order chi connectivity index (χ0) is 14.9. The maximum atomic E-state index is 12.5. The molecule has 2 aromatic carbocycles. The predicted octanol–water partition coefficient (Wildman–Crippen LogP) is 4.14. The minimum absolute atomic E-state index is 0.122. The van der Waals surface area contributed by atoms with Crippen molar-refractivity contribution in [2.45, 2.75) is 6.54 Å². The highest BCUT2D eigenvalue weighted by Crippen LogP contribution is 2.18. The van der Waals surface area contributed by atoms with Crippen LogP contribution in [-0.4, -0.2) is 17.4 Å². The Labute approximate surface area is 130 Å². The van der Waals surface area contributed by atoms with Gasteiger partial charge >= 0.3 is 0 Å². The summed E-state index contributed by atoms with van der Waals surface area (Å²) in [6, 6.07) is 19.9. The second-order valence-corrected chi connectivity index (χ2v) is 5.64. The van der Waals surface area contributed by atoms with Gasteiger partial charge in [0.15, 0.2) is 0 Å². The fourth-order valence-corrected chi connectivity index (χ4v) is 2.62. The van der Waals surface area contributed by atoms with Gasteiger partial charge in [-0.2, -0.15) is 0 Å². The zero-order valence-corrected chi connectivity index (χ0v) is 12.8. The number of amides is 1. The molecule has 0 aliphatic rings. The normalized spacial score (nSPS) is 10.1. The Morgan fingerprint density at radius 3 is 2.29 bits per heavy atom. The highest BCUT2D eigenvalue weighted by Gasteiger charge is 2.15. The minimum atomic E-state index is 0.122. The third kappa shape index (κ3) is 4.80. The standard InChI is InChI=1S/C18H19NOS/c1-2-13-21-15-18(20)19(17-11-7-4-8-12-17)14-16-9-5-3-6-10-16/h2-12H,1,13-15H2. The summed E-state index contributed by atoms with van der Waals surface area (Å²) in [6.45, 7) is 4.28. The van der Waals surface area contributed by atoms with Gasteiger partial charge in [0.25, 0.3) is 0 Å². The molecule has 0 spiro atoms. The molecule has 0 unspecified atom stereocenters. The highest BCUT2D eigenvalue weighted by atomic mass is 32.2. The number of carbonyl (C=O) groups excluding carboxylic acids is 1. The van der Waals surface area contributed by atoms with Crippen molar-refractivity contribution < 1.29 is 4.79 Å². The van der Waals surface area contributed by atoms with Crippen molar-refractivity contribution in [2.75, 3.05) is 16.4 Å². The quantitative estimate of drug-likeness (QED) is 0.565. The first-order valence-electron chi connectivity index (χ1n) is 6.89. The van der Waals surface area contributed by atoms with Crippen LogP contribution >= 0.6 is 11.8 Å². The Hall–Kier alpha value is -2.00. The second kappa shape index (κ2) is 8.32. The van der Waals surface area contributed by atoms with Gasteiger partial charge in [0.1, 0.15) is 0 Å².